The molecule has 7 heteroatoms. The van der Waals surface area contributed by atoms with Crippen LogP contribution in [0.25, 0.3) is 0 Å². The van der Waals surface area contributed by atoms with Gasteiger partial charge in [0.25, 0.3) is 0 Å². The Morgan fingerprint density at radius 3 is 2.53 bits per heavy atom. The molecule has 0 rings (SSSR count). The quantitative estimate of drug-likeness (QED) is 0.459. The second-order valence-corrected chi connectivity index (χ2v) is 4.84. The van der Waals surface area contributed by atoms with Crippen LogP contribution in [0.2, 0.25) is 0 Å². The molecule has 0 aromatic carbocycles. The first-order valence-electron chi connectivity index (χ1n) is 4.88. The van der Waals surface area contributed by atoms with Gasteiger partial charge in [-0.05, 0) is 6.42 Å². The van der Waals surface area contributed by atoms with Crippen molar-refractivity contribution >= 4 is 10.2 Å². The summed E-state index contributed by atoms with van der Waals surface area (Å²) in [5, 5.41) is 0. The van der Waals surface area contributed by atoms with Crippen LogP contribution in [0, 0.1) is 0 Å². The fourth-order valence-corrected chi connectivity index (χ4v) is 1.53. The highest BCUT2D eigenvalue weighted by molar-refractivity contribution is 7.86. The van der Waals surface area contributed by atoms with E-state index in [4.69, 9.17) is 9.57 Å². The molecule has 0 aromatic heterocycles. The Bertz CT molecular complexity index is 243. The summed E-state index contributed by atoms with van der Waals surface area (Å²) in [6.45, 7) is 3.03. The number of rotatable bonds is 9. The standard InChI is InChI=1S/C8H20N2O4S/c1-4-5-6-10(2)15(11,12)9-14-8-7-13-3/h9H,4-8H2,1-3H3. The Morgan fingerprint density at radius 2 is 2.00 bits per heavy atom. The van der Waals surface area contributed by atoms with Crippen molar-refractivity contribution < 1.29 is 18.0 Å². The van der Waals surface area contributed by atoms with Crippen molar-refractivity contribution in [2.45, 2.75) is 19.8 Å². The molecule has 0 saturated heterocycles. The molecule has 0 unspecified atom stereocenters. The first-order valence-corrected chi connectivity index (χ1v) is 6.32. The maximum absolute atomic E-state index is 11.4. The van der Waals surface area contributed by atoms with E-state index in [1.54, 1.807) is 0 Å². The molecule has 0 fully saturated rings. The molecule has 92 valence electrons. The first-order chi connectivity index (χ1) is 7.04. The summed E-state index contributed by atoms with van der Waals surface area (Å²) in [4.78, 5) is 6.76. The lowest BCUT2D eigenvalue weighted by atomic mass is 10.3. The number of nitrogens with one attached hydrogen (secondary N) is 1. The van der Waals surface area contributed by atoms with E-state index in [1.807, 2.05) is 11.8 Å². The molecule has 6 nitrogen and oxygen atoms in total. The molecule has 15 heavy (non-hydrogen) atoms. The van der Waals surface area contributed by atoms with Crippen molar-refractivity contribution in [2.75, 3.05) is 33.9 Å². The molecule has 0 aliphatic rings. The zero-order valence-electron chi connectivity index (χ0n) is 9.52. The molecule has 0 atom stereocenters. The lowest BCUT2D eigenvalue weighted by Gasteiger charge is -2.16. The third-order valence-electron chi connectivity index (χ3n) is 1.79. The number of methoxy groups -OCH3 is 1. The highest BCUT2D eigenvalue weighted by Crippen LogP contribution is 1.97. The molecule has 0 amide bonds. The normalized spacial score (nSPS) is 12.3. The van der Waals surface area contributed by atoms with Crippen LogP contribution < -0.4 is 4.89 Å². The van der Waals surface area contributed by atoms with Gasteiger partial charge < -0.3 is 4.74 Å². The molecule has 0 saturated carbocycles. The van der Waals surface area contributed by atoms with Crippen LogP contribution in [0.15, 0.2) is 0 Å². The second-order valence-electron chi connectivity index (χ2n) is 3.10. The fraction of sp³-hybridized carbons (Fsp3) is 1.00. The van der Waals surface area contributed by atoms with Crippen molar-refractivity contribution in [1.29, 1.82) is 0 Å². The fourth-order valence-electron chi connectivity index (χ4n) is 0.806. The highest BCUT2D eigenvalue weighted by atomic mass is 32.2. The number of hydrogen-bond donors (Lipinski definition) is 1. The van der Waals surface area contributed by atoms with E-state index >= 15 is 0 Å². The zero-order chi connectivity index (χ0) is 11.7. The molecule has 0 heterocycles. The van der Waals surface area contributed by atoms with Crippen LogP contribution in [0.1, 0.15) is 19.8 Å². The molecule has 0 aromatic rings. The van der Waals surface area contributed by atoms with Crippen LogP contribution in [-0.4, -0.2) is 46.6 Å². The van der Waals surface area contributed by atoms with E-state index in [1.165, 1.54) is 18.5 Å². The van der Waals surface area contributed by atoms with Gasteiger partial charge in [-0.1, -0.05) is 18.2 Å². The van der Waals surface area contributed by atoms with Crippen LogP contribution in [0.4, 0.5) is 0 Å². The van der Waals surface area contributed by atoms with E-state index < -0.39 is 10.2 Å². The SMILES string of the molecule is CCCCN(C)S(=O)(=O)NOCCOC. The number of ether oxygens (including phenoxy) is 1. The van der Waals surface area contributed by atoms with E-state index in [0.717, 1.165) is 12.8 Å². The van der Waals surface area contributed by atoms with Crippen molar-refractivity contribution in [3.05, 3.63) is 0 Å². The molecular weight excluding hydrogens is 220 g/mol. The lowest BCUT2D eigenvalue weighted by molar-refractivity contribution is 0.0413. The minimum absolute atomic E-state index is 0.192. The number of nitrogens with zero attached hydrogens (tertiary/aromatic N) is 1. The van der Waals surface area contributed by atoms with Gasteiger partial charge in [0.05, 0.1) is 13.2 Å². The van der Waals surface area contributed by atoms with Crippen molar-refractivity contribution in [3.8, 4) is 0 Å². The average molecular weight is 240 g/mol. The van der Waals surface area contributed by atoms with Gasteiger partial charge in [-0.2, -0.15) is 12.7 Å². The Labute approximate surface area is 91.7 Å². The maximum atomic E-state index is 11.4. The molecule has 0 spiro atoms. The van der Waals surface area contributed by atoms with Gasteiger partial charge in [0.1, 0.15) is 0 Å². The van der Waals surface area contributed by atoms with Crippen molar-refractivity contribution in [1.82, 2.24) is 9.19 Å². The van der Waals surface area contributed by atoms with Gasteiger partial charge >= 0.3 is 10.2 Å². The molecule has 0 radical (unpaired) electrons. The van der Waals surface area contributed by atoms with Gasteiger partial charge in [-0.25, -0.2) is 0 Å². The molecule has 0 aliphatic carbocycles. The highest BCUT2D eigenvalue weighted by Gasteiger charge is 2.16. The smallest absolute Gasteiger partial charge is 0.301 e. The first kappa shape index (κ1) is 14.8. The Balaban J connectivity index is 3.84. The number of unbranched alkanes of at least 4 members (excludes halogenated alkanes) is 1. The summed E-state index contributed by atoms with van der Waals surface area (Å²) < 4.78 is 28.8. The average Bonchev–Trinajstić information content (AvgIpc) is 2.21. The van der Waals surface area contributed by atoms with Gasteiger partial charge in [0, 0.05) is 20.7 Å². The topological polar surface area (TPSA) is 67.9 Å². The summed E-state index contributed by atoms with van der Waals surface area (Å²) in [5.41, 5.74) is 0. The summed E-state index contributed by atoms with van der Waals surface area (Å²) in [7, 11) is -0.477. The monoisotopic (exact) mass is 240 g/mol. The van der Waals surface area contributed by atoms with Crippen LogP contribution >= 0.6 is 0 Å². The van der Waals surface area contributed by atoms with Gasteiger partial charge in [0.15, 0.2) is 0 Å². The molecule has 0 bridgehead atoms. The zero-order valence-corrected chi connectivity index (χ0v) is 10.3. The van der Waals surface area contributed by atoms with E-state index in [-0.39, 0.29) is 6.61 Å². The van der Waals surface area contributed by atoms with Crippen molar-refractivity contribution in [2.24, 2.45) is 0 Å². The Morgan fingerprint density at radius 1 is 1.33 bits per heavy atom. The van der Waals surface area contributed by atoms with Crippen LogP contribution in [-0.2, 0) is 19.8 Å². The minimum Gasteiger partial charge on any atom is -0.382 e. The number of hydrogen-bond acceptors (Lipinski definition) is 4. The Hall–Kier alpha value is -0.210. The van der Waals surface area contributed by atoms with E-state index in [2.05, 4.69) is 0 Å². The largest absolute Gasteiger partial charge is 0.382 e. The molecule has 0 aliphatic heterocycles. The van der Waals surface area contributed by atoms with Crippen LogP contribution in [0.5, 0.6) is 0 Å². The van der Waals surface area contributed by atoms with E-state index in [0.29, 0.717) is 13.2 Å². The summed E-state index contributed by atoms with van der Waals surface area (Å²) in [6.07, 6.45) is 1.78. The summed E-state index contributed by atoms with van der Waals surface area (Å²) >= 11 is 0. The van der Waals surface area contributed by atoms with Crippen molar-refractivity contribution in [3.63, 3.8) is 0 Å². The van der Waals surface area contributed by atoms with Gasteiger partial charge in [-0.3, -0.25) is 4.84 Å². The van der Waals surface area contributed by atoms with Crippen LogP contribution in [0.3, 0.4) is 0 Å². The predicted molar refractivity (Wildman–Crippen MR) is 57.4 cm³/mol. The van der Waals surface area contributed by atoms with Gasteiger partial charge in [-0.15, -0.1) is 0 Å². The summed E-state index contributed by atoms with van der Waals surface area (Å²) in [6, 6.07) is 0. The predicted octanol–water partition coefficient (Wildman–Crippen LogP) is 0.131. The lowest BCUT2D eigenvalue weighted by Crippen LogP contribution is -2.39. The maximum Gasteiger partial charge on any atom is 0.301 e. The molecular formula is C8H20N2O4S. The summed E-state index contributed by atoms with van der Waals surface area (Å²) in [5.74, 6) is 0. The third kappa shape index (κ3) is 6.80. The second kappa shape index (κ2) is 8.00. The third-order valence-corrected chi connectivity index (χ3v) is 3.12. The minimum atomic E-state index is -3.51. The molecule has 1 N–H and O–H groups in total. The van der Waals surface area contributed by atoms with E-state index in [9.17, 15) is 8.42 Å². The Kier molecular flexibility index (Phi) is 7.89. The van der Waals surface area contributed by atoms with Gasteiger partial charge in [0.2, 0.25) is 0 Å².